The molecule has 0 aliphatic rings. The summed E-state index contributed by atoms with van der Waals surface area (Å²) in [5.74, 6) is -0.433. The van der Waals surface area contributed by atoms with Crippen molar-refractivity contribution in [2.75, 3.05) is 0 Å². The molecule has 0 fully saturated rings. The van der Waals surface area contributed by atoms with E-state index in [1.54, 1.807) is 6.07 Å². The van der Waals surface area contributed by atoms with Gasteiger partial charge in [0, 0.05) is 0 Å². The highest BCUT2D eigenvalue weighted by molar-refractivity contribution is 7.17. The third-order valence-corrected chi connectivity index (χ3v) is 3.13. The Morgan fingerprint density at radius 1 is 1.18 bits per heavy atom. The molecule has 3 heteroatoms. The number of thiophene rings is 1. The van der Waals surface area contributed by atoms with Crippen LogP contribution in [0.15, 0.2) is 17.5 Å². The highest BCUT2D eigenvalue weighted by atomic mass is 32.1. The largest absolute Gasteiger partial charge is 0.205 e. The minimum absolute atomic E-state index is 0.163. The molecular weight excluding hydrogens is 233 g/mol. The Kier molecular flexibility index (Phi) is 7.16. The molecule has 0 N–H and O–H groups in total. The lowest BCUT2D eigenvalue weighted by atomic mass is 10.1. The number of halogens is 1. The average molecular weight is 251 g/mol. The van der Waals surface area contributed by atoms with Gasteiger partial charge in [0.1, 0.15) is 17.4 Å². The zero-order chi connectivity index (χ0) is 13.4. The van der Waals surface area contributed by atoms with E-state index in [1.165, 1.54) is 17.4 Å². The molecule has 92 valence electrons. The van der Waals surface area contributed by atoms with Crippen molar-refractivity contribution in [3.05, 3.63) is 34.5 Å². The van der Waals surface area contributed by atoms with Gasteiger partial charge >= 0.3 is 0 Å². The first-order valence-electron chi connectivity index (χ1n) is 5.80. The van der Waals surface area contributed by atoms with Crippen molar-refractivity contribution in [3.63, 3.8) is 0 Å². The van der Waals surface area contributed by atoms with Crippen LogP contribution in [0.4, 0.5) is 4.39 Å². The van der Waals surface area contributed by atoms with E-state index in [-0.39, 0.29) is 5.56 Å². The molecule has 17 heavy (non-hydrogen) atoms. The zero-order valence-corrected chi connectivity index (χ0v) is 11.8. The molecule has 0 saturated carbocycles. The summed E-state index contributed by atoms with van der Waals surface area (Å²) in [6.07, 6.45) is 0. The molecule has 2 aromatic rings. The summed E-state index contributed by atoms with van der Waals surface area (Å²) in [5.41, 5.74) is 1.26. The van der Waals surface area contributed by atoms with Gasteiger partial charge in [-0.25, -0.2) is 4.39 Å². The van der Waals surface area contributed by atoms with Gasteiger partial charge in [0.25, 0.3) is 0 Å². The summed E-state index contributed by atoms with van der Waals surface area (Å²) in [6, 6.07) is 4.95. The Bertz CT molecular complexity index is 509. The molecule has 0 amide bonds. The van der Waals surface area contributed by atoms with Gasteiger partial charge in [0.05, 0.1) is 4.70 Å². The van der Waals surface area contributed by atoms with Crippen molar-refractivity contribution in [1.29, 1.82) is 5.26 Å². The van der Waals surface area contributed by atoms with Crippen LogP contribution in [-0.2, 0) is 0 Å². The van der Waals surface area contributed by atoms with Gasteiger partial charge in [0.15, 0.2) is 0 Å². The lowest BCUT2D eigenvalue weighted by Crippen LogP contribution is -1.82. The van der Waals surface area contributed by atoms with E-state index in [0.717, 1.165) is 15.6 Å². The van der Waals surface area contributed by atoms with E-state index < -0.39 is 5.82 Å². The van der Waals surface area contributed by atoms with Gasteiger partial charge in [0.2, 0.25) is 0 Å². The molecule has 0 aliphatic carbocycles. The Labute approximate surface area is 107 Å². The summed E-state index contributed by atoms with van der Waals surface area (Å²) >= 11 is 1.42. The summed E-state index contributed by atoms with van der Waals surface area (Å²) in [7, 11) is 0. The SMILES string of the molecule is CC.CC.Cc1csc2c(C#N)c(F)ccc12. The van der Waals surface area contributed by atoms with Crippen molar-refractivity contribution in [3.8, 4) is 6.07 Å². The number of fused-ring (bicyclic) bond motifs is 1. The monoisotopic (exact) mass is 251 g/mol. The number of nitrogens with zero attached hydrogens (tertiary/aromatic N) is 1. The van der Waals surface area contributed by atoms with Gasteiger partial charge in [-0.2, -0.15) is 5.26 Å². The van der Waals surface area contributed by atoms with Crippen LogP contribution in [0.5, 0.6) is 0 Å². The Morgan fingerprint density at radius 2 is 1.76 bits per heavy atom. The molecular formula is C14H18FNS. The second-order valence-electron chi connectivity index (χ2n) is 2.83. The van der Waals surface area contributed by atoms with E-state index in [2.05, 4.69) is 0 Å². The minimum Gasteiger partial charge on any atom is -0.205 e. The van der Waals surface area contributed by atoms with Gasteiger partial charge < -0.3 is 0 Å². The summed E-state index contributed by atoms with van der Waals surface area (Å²) in [4.78, 5) is 0. The van der Waals surface area contributed by atoms with Crippen LogP contribution in [0.3, 0.4) is 0 Å². The number of aryl methyl sites for hydroxylation is 1. The molecule has 0 bridgehead atoms. The molecule has 1 aromatic carbocycles. The van der Waals surface area contributed by atoms with Crippen LogP contribution in [0.1, 0.15) is 38.8 Å². The zero-order valence-electron chi connectivity index (χ0n) is 11.0. The predicted octanol–water partition coefficient (Wildman–Crippen LogP) is 5.27. The van der Waals surface area contributed by atoms with Gasteiger partial charge in [-0.3, -0.25) is 0 Å². The Balaban J connectivity index is 0.000000581. The fourth-order valence-corrected chi connectivity index (χ4v) is 2.35. The molecule has 0 aliphatic heterocycles. The van der Waals surface area contributed by atoms with E-state index in [9.17, 15) is 4.39 Å². The maximum atomic E-state index is 13.1. The summed E-state index contributed by atoms with van der Waals surface area (Å²) < 4.78 is 13.9. The normalized spacial score (nSPS) is 8.53. The van der Waals surface area contributed by atoms with Crippen LogP contribution in [0, 0.1) is 24.1 Å². The number of benzene rings is 1. The predicted molar refractivity (Wildman–Crippen MR) is 73.9 cm³/mol. The fourth-order valence-electron chi connectivity index (χ4n) is 1.31. The number of hydrogen-bond acceptors (Lipinski definition) is 2. The first-order valence-corrected chi connectivity index (χ1v) is 6.68. The van der Waals surface area contributed by atoms with Crippen molar-refractivity contribution >= 4 is 21.4 Å². The van der Waals surface area contributed by atoms with Crippen LogP contribution >= 0.6 is 11.3 Å². The lowest BCUT2D eigenvalue weighted by molar-refractivity contribution is 0.626. The number of nitriles is 1. The molecule has 2 rings (SSSR count). The smallest absolute Gasteiger partial charge is 0.142 e. The fraction of sp³-hybridized carbons (Fsp3) is 0.357. The number of rotatable bonds is 0. The van der Waals surface area contributed by atoms with Gasteiger partial charge in [-0.15, -0.1) is 11.3 Å². The van der Waals surface area contributed by atoms with Gasteiger partial charge in [-0.1, -0.05) is 33.8 Å². The Hall–Kier alpha value is -1.40. The van der Waals surface area contributed by atoms with Crippen molar-refractivity contribution in [2.45, 2.75) is 34.6 Å². The molecule has 0 unspecified atom stereocenters. The van der Waals surface area contributed by atoms with E-state index >= 15 is 0 Å². The first-order chi connectivity index (χ1) is 8.24. The van der Waals surface area contributed by atoms with E-state index in [0.29, 0.717) is 0 Å². The van der Waals surface area contributed by atoms with Crippen LogP contribution in [0.2, 0.25) is 0 Å². The topological polar surface area (TPSA) is 23.8 Å². The molecule has 0 atom stereocenters. The third-order valence-electron chi connectivity index (χ3n) is 2.00. The first kappa shape index (κ1) is 15.6. The van der Waals surface area contributed by atoms with Crippen LogP contribution < -0.4 is 0 Å². The van der Waals surface area contributed by atoms with Crippen molar-refractivity contribution in [2.24, 2.45) is 0 Å². The van der Waals surface area contributed by atoms with E-state index in [1.807, 2.05) is 46.1 Å². The summed E-state index contributed by atoms with van der Waals surface area (Å²) in [6.45, 7) is 9.96. The highest BCUT2D eigenvalue weighted by Crippen LogP contribution is 2.29. The molecule has 1 nitrogen and oxygen atoms in total. The molecule has 1 heterocycles. The quantitative estimate of drug-likeness (QED) is 0.625. The second kappa shape index (κ2) is 7.81. The second-order valence-corrected chi connectivity index (χ2v) is 3.71. The average Bonchev–Trinajstić information content (AvgIpc) is 2.76. The molecule has 0 radical (unpaired) electrons. The highest BCUT2D eigenvalue weighted by Gasteiger charge is 2.09. The molecule has 1 aromatic heterocycles. The third kappa shape index (κ3) is 3.28. The van der Waals surface area contributed by atoms with Gasteiger partial charge in [-0.05, 0) is 29.3 Å². The van der Waals surface area contributed by atoms with Crippen LogP contribution in [0.25, 0.3) is 10.1 Å². The maximum absolute atomic E-state index is 13.1. The van der Waals surface area contributed by atoms with E-state index in [4.69, 9.17) is 5.26 Å². The Morgan fingerprint density at radius 3 is 2.29 bits per heavy atom. The van der Waals surface area contributed by atoms with Crippen molar-refractivity contribution in [1.82, 2.24) is 0 Å². The minimum atomic E-state index is -0.433. The summed E-state index contributed by atoms with van der Waals surface area (Å²) in [5, 5.41) is 11.7. The maximum Gasteiger partial charge on any atom is 0.142 e. The van der Waals surface area contributed by atoms with Crippen molar-refractivity contribution < 1.29 is 4.39 Å². The lowest BCUT2D eigenvalue weighted by Gasteiger charge is -1.95. The number of hydrogen-bond donors (Lipinski definition) is 0. The molecule has 0 spiro atoms. The molecule has 0 saturated heterocycles. The standard InChI is InChI=1S/C10H6FNS.2C2H6/c1-6-5-13-10-7(6)2-3-9(11)8(10)4-12;2*1-2/h2-3,5H,1H3;2*1-2H3. The van der Waals surface area contributed by atoms with Crippen LogP contribution in [-0.4, -0.2) is 0 Å².